The monoisotopic (exact) mass is 152 g/mol. The molecule has 1 rings (SSSR count). The number of hydrogen-bond donors (Lipinski definition) is 1. The van der Waals surface area contributed by atoms with Crippen LogP contribution in [0.15, 0.2) is 0 Å². The smallest absolute Gasteiger partial charge is 0.0727 e. The first-order valence-corrected chi connectivity index (χ1v) is 4.37. The number of nitrogens with zero attached hydrogens (tertiary/aromatic N) is 1. The average Bonchev–Trinajstić information content (AvgIpc) is 2.81. The second kappa shape index (κ2) is 3.23. The van der Waals surface area contributed by atoms with E-state index in [9.17, 15) is 0 Å². The highest BCUT2D eigenvalue weighted by Crippen LogP contribution is 2.49. The fourth-order valence-electron chi connectivity index (χ4n) is 1.66. The van der Waals surface area contributed by atoms with Crippen molar-refractivity contribution in [2.24, 2.45) is 5.41 Å². The van der Waals surface area contributed by atoms with Gasteiger partial charge in [0, 0.05) is 6.04 Å². The molecule has 0 aromatic carbocycles. The zero-order valence-electron chi connectivity index (χ0n) is 7.35. The normalized spacial score (nSPS) is 22.3. The summed E-state index contributed by atoms with van der Waals surface area (Å²) in [4.78, 5) is 0. The van der Waals surface area contributed by atoms with Crippen LogP contribution in [0.3, 0.4) is 0 Å². The van der Waals surface area contributed by atoms with Gasteiger partial charge in [-0.1, -0.05) is 13.3 Å². The predicted octanol–water partition coefficient (Wildman–Crippen LogP) is 1.68. The summed E-state index contributed by atoms with van der Waals surface area (Å²) in [6.45, 7) is 2.16. The summed E-state index contributed by atoms with van der Waals surface area (Å²) in [7, 11) is 1.96. The van der Waals surface area contributed by atoms with Crippen molar-refractivity contribution in [2.45, 2.75) is 38.6 Å². The van der Waals surface area contributed by atoms with Gasteiger partial charge in [-0.25, -0.2) is 0 Å². The zero-order valence-corrected chi connectivity index (χ0v) is 7.35. The second-order valence-corrected chi connectivity index (χ2v) is 3.40. The van der Waals surface area contributed by atoms with E-state index >= 15 is 0 Å². The second-order valence-electron chi connectivity index (χ2n) is 3.40. The van der Waals surface area contributed by atoms with Crippen LogP contribution in [0.1, 0.15) is 32.6 Å². The lowest BCUT2D eigenvalue weighted by molar-refractivity contribution is 0.399. The van der Waals surface area contributed by atoms with Crippen molar-refractivity contribution in [3.8, 4) is 6.07 Å². The molecule has 0 amide bonds. The molecule has 0 aromatic heterocycles. The third-order valence-electron chi connectivity index (χ3n) is 2.60. The average molecular weight is 152 g/mol. The number of nitriles is 1. The lowest BCUT2D eigenvalue weighted by atomic mass is 9.94. The van der Waals surface area contributed by atoms with E-state index in [1.807, 2.05) is 7.05 Å². The summed E-state index contributed by atoms with van der Waals surface area (Å²) in [6.07, 6.45) is 4.48. The summed E-state index contributed by atoms with van der Waals surface area (Å²) < 4.78 is 0. The maximum Gasteiger partial charge on any atom is 0.0727 e. The van der Waals surface area contributed by atoms with Gasteiger partial charge in [0.05, 0.1) is 11.5 Å². The van der Waals surface area contributed by atoms with E-state index in [2.05, 4.69) is 18.3 Å². The molecule has 0 heterocycles. The molecule has 0 aromatic rings. The van der Waals surface area contributed by atoms with E-state index in [1.165, 1.54) is 0 Å². The molecule has 0 saturated heterocycles. The van der Waals surface area contributed by atoms with Crippen LogP contribution in [-0.4, -0.2) is 13.1 Å². The Balaban J connectivity index is 2.49. The number of hydrogen-bond acceptors (Lipinski definition) is 2. The molecule has 1 fully saturated rings. The predicted molar refractivity (Wildman–Crippen MR) is 45.0 cm³/mol. The van der Waals surface area contributed by atoms with Crippen molar-refractivity contribution in [3.63, 3.8) is 0 Å². The maximum absolute atomic E-state index is 8.89. The Morgan fingerprint density at radius 3 is 2.55 bits per heavy atom. The molecule has 1 unspecified atom stereocenters. The van der Waals surface area contributed by atoms with Crippen molar-refractivity contribution in [3.05, 3.63) is 0 Å². The summed E-state index contributed by atoms with van der Waals surface area (Å²) in [5.74, 6) is 0. The van der Waals surface area contributed by atoms with Crippen molar-refractivity contribution in [1.29, 1.82) is 5.26 Å². The molecular weight excluding hydrogens is 136 g/mol. The zero-order chi connectivity index (χ0) is 8.32. The lowest BCUT2D eigenvalue weighted by Crippen LogP contribution is -2.33. The van der Waals surface area contributed by atoms with Gasteiger partial charge in [-0.05, 0) is 26.3 Å². The van der Waals surface area contributed by atoms with Crippen molar-refractivity contribution >= 4 is 0 Å². The van der Waals surface area contributed by atoms with Crippen molar-refractivity contribution in [1.82, 2.24) is 5.32 Å². The molecule has 0 radical (unpaired) electrons. The van der Waals surface area contributed by atoms with Crippen molar-refractivity contribution < 1.29 is 0 Å². The van der Waals surface area contributed by atoms with Gasteiger partial charge in [-0.15, -0.1) is 0 Å². The molecular formula is C9H16N2. The Labute approximate surface area is 68.6 Å². The highest BCUT2D eigenvalue weighted by Gasteiger charge is 2.48. The van der Waals surface area contributed by atoms with E-state index in [0.717, 1.165) is 25.7 Å². The van der Waals surface area contributed by atoms with E-state index < -0.39 is 0 Å². The van der Waals surface area contributed by atoms with Gasteiger partial charge in [0.15, 0.2) is 0 Å². The molecule has 0 aliphatic heterocycles. The standard InChI is InChI=1S/C9H16N2/c1-3-4-8(11-2)9(7-10)5-6-9/h8,11H,3-6H2,1-2H3. The minimum Gasteiger partial charge on any atom is -0.315 e. The van der Waals surface area contributed by atoms with Gasteiger partial charge in [0.1, 0.15) is 0 Å². The highest BCUT2D eigenvalue weighted by molar-refractivity contribution is 5.15. The Morgan fingerprint density at radius 2 is 2.27 bits per heavy atom. The van der Waals surface area contributed by atoms with Gasteiger partial charge in [-0.3, -0.25) is 0 Å². The largest absolute Gasteiger partial charge is 0.315 e. The molecule has 0 bridgehead atoms. The van der Waals surface area contributed by atoms with E-state index in [0.29, 0.717) is 6.04 Å². The summed E-state index contributed by atoms with van der Waals surface area (Å²) in [5.41, 5.74) is 0.00472. The molecule has 1 saturated carbocycles. The topological polar surface area (TPSA) is 35.8 Å². The molecule has 2 heteroatoms. The first kappa shape index (κ1) is 8.55. The highest BCUT2D eigenvalue weighted by atomic mass is 14.9. The third kappa shape index (κ3) is 1.54. The summed E-state index contributed by atoms with van der Waals surface area (Å²) >= 11 is 0. The quantitative estimate of drug-likeness (QED) is 0.665. The molecule has 62 valence electrons. The fourth-order valence-corrected chi connectivity index (χ4v) is 1.66. The molecule has 1 atom stereocenters. The maximum atomic E-state index is 8.89. The summed E-state index contributed by atoms with van der Waals surface area (Å²) in [6, 6.07) is 2.85. The van der Waals surface area contributed by atoms with Crippen LogP contribution < -0.4 is 5.32 Å². The van der Waals surface area contributed by atoms with Crippen LogP contribution in [0.4, 0.5) is 0 Å². The molecule has 1 aliphatic carbocycles. The van der Waals surface area contributed by atoms with Crippen LogP contribution in [0.25, 0.3) is 0 Å². The van der Waals surface area contributed by atoms with Gasteiger partial charge < -0.3 is 5.32 Å². The first-order valence-electron chi connectivity index (χ1n) is 4.37. The molecule has 1 aliphatic rings. The van der Waals surface area contributed by atoms with Crippen molar-refractivity contribution in [2.75, 3.05) is 7.05 Å². The van der Waals surface area contributed by atoms with Crippen LogP contribution in [0, 0.1) is 16.7 Å². The third-order valence-corrected chi connectivity index (χ3v) is 2.60. The Kier molecular flexibility index (Phi) is 2.51. The molecule has 2 nitrogen and oxygen atoms in total. The van der Waals surface area contributed by atoms with Crippen LogP contribution in [0.5, 0.6) is 0 Å². The van der Waals surface area contributed by atoms with Gasteiger partial charge in [-0.2, -0.15) is 5.26 Å². The Morgan fingerprint density at radius 1 is 1.64 bits per heavy atom. The van der Waals surface area contributed by atoms with Gasteiger partial charge in [0.2, 0.25) is 0 Å². The molecule has 1 N–H and O–H groups in total. The SMILES string of the molecule is CCCC(NC)C1(C#N)CC1. The summed E-state index contributed by atoms with van der Waals surface area (Å²) in [5, 5.41) is 12.1. The first-order chi connectivity index (χ1) is 5.29. The molecule has 0 spiro atoms. The van der Waals surface area contributed by atoms with E-state index in [4.69, 9.17) is 5.26 Å². The number of rotatable bonds is 4. The van der Waals surface area contributed by atoms with Crippen LogP contribution in [-0.2, 0) is 0 Å². The lowest BCUT2D eigenvalue weighted by Gasteiger charge is -2.19. The van der Waals surface area contributed by atoms with E-state index in [1.54, 1.807) is 0 Å². The Bertz CT molecular complexity index is 165. The fraction of sp³-hybridized carbons (Fsp3) is 0.889. The van der Waals surface area contributed by atoms with E-state index in [-0.39, 0.29) is 5.41 Å². The van der Waals surface area contributed by atoms with Crippen LogP contribution in [0.2, 0.25) is 0 Å². The minimum atomic E-state index is 0.00472. The van der Waals surface area contributed by atoms with Gasteiger partial charge >= 0.3 is 0 Å². The van der Waals surface area contributed by atoms with Gasteiger partial charge in [0.25, 0.3) is 0 Å². The minimum absolute atomic E-state index is 0.00472. The van der Waals surface area contributed by atoms with Crippen LogP contribution >= 0.6 is 0 Å². The Hall–Kier alpha value is -0.550. The number of nitrogens with one attached hydrogen (secondary N) is 1. The molecule has 11 heavy (non-hydrogen) atoms.